The van der Waals surface area contributed by atoms with E-state index in [1.165, 1.54) is 0 Å². The Labute approximate surface area is 122 Å². The fourth-order valence-electron chi connectivity index (χ4n) is 2.36. The summed E-state index contributed by atoms with van der Waals surface area (Å²) >= 11 is 6.35. The molecule has 1 aliphatic rings. The monoisotopic (exact) mass is 293 g/mol. The highest BCUT2D eigenvalue weighted by atomic mass is 35.5. The summed E-state index contributed by atoms with van der Waals surface area (Å²) in [5.41, 5.74) is 0.602. The van der Waals surface area contributed by atoms with Crippen LogP contribution in [0.4, 0.5) is 5.82 Å². The Kier molecular flexibility index (Phi) is 3.63. The van der Waals surface area contributed by atoms with Crippen LogP contribution in [0.1, 0.15) is 6.92 Å². The fraction of sp³-hybridized carbons (Fsp3) is 0.429. The number of rotatable bonds is 2. The summed E-state index contributed by atoms with van der Waals surface area (Å²) in [6.07, 6.45) is 0. The Morgan fingerprint density at radius 2 is 2.25 bits per heavy atom. The topological polar surface area (TPSA) is 47.5 Å². The molecular formula is C14H16ClN3O2. The van der Waals surface area contributed by atoms with Gasteiger partial charge in [-0.3, -0.25) is 0 Å². The lowest BCUT2D eigenvalue weighted by Crippen LogP contribution is -2.44. The first-order valence-electron chi connectivity index (χ1n) is 6.54. The van der Waals surface area contributed by atoms with Crippen LogP contribution in [-0.4, -0.2) is 42.9 Å². The average Bonchev–Trinajstić information content (AvgIpc) is 2.47. The van der Waals surface area contributed by atoms with Gasteiger partial charge < -0.3 is 14.4 Å². The molecule has 0 N–H and O–H groups in total. The van der Waals surface area contributed by atoms with E-state index in [-0.39, 0.29) is 6.04 Å². The van der Waals surface area contributed by atoms with Crippen molar-refractivity contribution in [1.29, 1.82) is 0 Å². The molecule has 1 fully saturated rings. The summed E-state index contributed by atoms with van der Waals surface area (Å²) in [6, 6.07) is 5.82. The number of methoxy groups -OCH3 is 1. The van der Waals surface area contributed by atoms with Crippen molar-refractivity contribution in [2.75, 3.05) is 31.8 Å². The Balaban J connectivity index is 2.07. The second-order valence-corrected chi connectivity index (χ2v) is 5.21. The van der Waals surface area contributed by atoms with Crippen LogP contribution in [0.5, 0.6) is 5.88 Å². The van der Waals surface area contributed by atoms with Crippen molar-refractivity contribution < 1.29 is 9.47 Å². The van der Waals surface area contributed by atoms with Gasteiger partial charge in [-0.25, -0.2) is 4.98 Å². The van der Waals surface area contributed by atoms with Gasteiger partial charge >= 0.3 is 0 Å². The number of hydrogen-bond acceptors (Lipinski definition) is 5. The van der Waals surface area contributed by atoms with Crippen LogP contribution < -0.4 is 9.64 Å². The van der Waals surface area contributed by atoms with E-state index in [0.717, 1.165) is 17.7 Å². The van der Waals surface area contributed by atoms with Crippen molar-refractivity contribution >= 4 is 28.5 Å². The molecule has 0 radical (unpaired) electrons. The van der Waals surface area contributed by atoms with Gasteiger partial charge in [0.15, 0.2) is 5.65 Å². The van der Waals surface area contributed by atoms with Crippen molar-refractivity contribution in [2.24, 2.45) is 0 Å². The van der Waals surface area contributed by atoms with Crippen LogP contribution in [0, 0.1) is 0 Å². The first-order chi connectivity index (χ1) is 9.69. The third-order valence-corrected chi connectivity index (χ3v) is 3.77. The molecule has 1 saturated heterocycles. The maximum absolute atomic E-state index is 6.35. The van der Waals surface area contributed by atoms with Crippen molar-refractivity contribution in [2.45, 2.75) is 13.0 Å². The number of nitrogens with zero attached hydrogens (tertiary/aromatic N) is 3. The highest BCUT2D eigenvalue weighted by Gasteiger charge is 2.21. The largest absolute Gasteiger partial charge is 0.481 e. The summed E-state index contributed by atoms with van der Waals surface area (Å²) < 4.78 is 10.6. The summed E-state index contributed by atoms with van der Waals surface area (Å²) in [6.45, 7) is 4.31. The van der Waals surface area contributed by atoms with Crippen LogP contribution in [0.3, 0.4) is 0 Å². The van der Waals surface area contributed by atoms with Gasteiger partial charge in [0, 0.05) is 24.1 Å². The smallest absolute Gasteiger partial charge is 0.215 e. The predicted molar refractivity (Wildman–Crippen MR) is 78.7 cm³/mol. The molecule has 0 saturated carbocycles. The highest BCUT2D eigenvalue weighted by Crippen LogP contribution is 2.28. The van der Waals surface area contributed by atoms with Crippen molar-refractivity contribution in [3.63, 3.8) is 0 Å². The standard InChI is InChI=1S/C14H16ClN3O2/c1-9-8-20-6-5-18(9)12-7-11(15)10-3-4-13(19-2)17-14(10)16-12/h3-4,7,9H,5-6,8H2,1-2H3. The number of halogens is 1. The number of fused-ring (bicyclic) bond motifs is 1. The summed E-state index contributed by atoms with van der Waals surface area (Å²) in [5, 5.41) is 1.48. The Morgan fingerprint density at radius 1 is 1.40 bits per heavy atom. The molecule has 106 valence electrons. The van der Waals surface area contributed by atoms with Gasteiger partial charge in [-0.1, -0.05) is 11.6 Å². The summed E-state index contributed by atoms with van der Waals surface area (Å²) in [4.78, 5) is 11.2. The first-order valence-corrected chi connectivity index (χ1v) is 6.92. The maximum Gasteiger partial charge on any atom is 0.215 e. The number of aromatic nitrogens is 2. The minimum Gasteiger partial charge on any atom is -0.481 e. The zero-order chi connectivity index (χ0) is 14.1. The fourth-order valence-corrected chi connectivity index (χ4v) is 2.61. The zero-order valence-corrected chi connectivity index (χ0v) is 12.2. The normalized spacial score (nSPS) is 19.4. The zero-order valence-electron chi connectivity index (χ0n) is 11.5. The van der Waals surface area contributed by atoms with E-state index in [1.54, 1.807) is 13.2 Å². The third kappa shape index (κ3) is 2.39. The molecule has 0 amide bonds. The molecule has 0 spiro atoms. The minimum atomic E-state index is 0.273. The minimum absolute atomic E-state index is 0.273. The molecule has 2 aromatic heterocycles. The van der Waals surface area contributed by atoms with Gasteiger partial charge in [0.25, 0.3) is 0 Å². The SMILES string of the molecule is COc1ccc2c(Cl)cc(N3CCOCC3C)nc2n1. The van der Waals surface area contributed by atoms with E-state index in [4.69, 9.17) is 21.1 Å². The second kappa shape index (κ2) is 5.42. The third-order valence-electron chi connectivity index (χ3n) is 3.45. The van der Waals surface area contributed by atoms with Crippen molar-refractivity contribution in [3.8, 4) is 5.88 Å². The second-order valence-electron chi connectivity index (χ2n) is 4.80. The van der Waals surface area contributed by atoms with E-state index >= 15 is 0 Å². The lowest BCUT2D eigenvalue weighted by atomic mass is 10.2. The Morgan fingerprint density at radius 3 is 3.00 bits per heavy atom. The van der Waals surface area contributed by atoms with Gasteiger partial charge in [-0.2, -0.15) is 4.98 Å². The van der Waals surface area contributed by atoms with E-state index in [9.17, 15) is 0 Å². The highest BCUT2D eigenvalue weighted by molar-refractivity contribution is 6.35. The Hall–Kier alpha value is -1.59. The maximum atomic E-state index is 6.35. The summed E-state index contributed by atoms with van der Waals surface area (Å²) in [7, 11) is 1.59. The molecule has 0 bridgehead atoms. The molecule has 6 heteroatoms. The Bertz CT molecular complexity index is 635. The molecule has 1 atom stereocenters. The molecule has 3 rings (SSSR count). The van der Waals surface area contributed by atoms with Gasteiger partial charge in [-0.15, -0.1) is 0 Å². The lowest BCUT2D eigenvalue weighted by Gasteiger charge is -2.34. The van der Waals surface area contributed by atoms with Gasteiger partial charge in [0.05, 0.1) is 31.4 Å². The number of anilines is 1. The number of ether oxygens (including phenoxy) is 2. The molecule has 20 heavy (non-hydrogen) atoms. The van der Waals surface area contributed by atoms with Crippen LogP contribution in [-0.2, 0) is 4.74 Å². The van der Waals surface area contributed by atoms with E-state index in [1.807, 2.05) is 12.1 Å². The molecule has 2 aromatic rings. The van der Waals surface area contributed by atoms with Crippen LogP contribution in [0.25, 0.3) is 11.0 Å². The lowest BCUT2D eigenvalue weighted by molar-refractivity contribution is 0.0985. The number of pyridine rings is 2. The van der Waals surface area contributed by atoms with E-state index in [2.05, 4.69) is 21.8 Å². The molecule has 1 unspecified atom stereocenters. The van der Waals surface area contributed by atoms with Crippen LogP contribution in [0.15, 0.2) is 18.2 Å². The van der Waals surface area contributed by atoms with E-state index in [0.29, 0.717) is 29.8 Å². The summed E-state index contributed by atoms with van der Waals surface area (Å²) in [5.74, 6) is 1.37. The number of morpholine rings is 1. The van der Waals surface area contributed by atoms with Crippen LogP contribution >= 0.6 is 11.6 Å². The molecule has 0 aromatic carbocycles. The molecular weight excluding hydrogens is 278 g/mol. The average molecular weight is 294 g/mol. The molecule has 0 aliphatic carbocycles. The first kappa shape index (κ1) is 13.4. The molecule has 5 nitrogen and oxygen atoms in total. The quantitative estimate of drug-likeness (QED) is 0.851. The predicted octanol–water partition coefficient (Wildman–Crippen LogP) is 2.52. The van der Waals surface area contributed by atoms with Crippen molar-refractivity contribution in [1.82, 2.24) is 9.97 Å². The van der Waals surface area contributed by atoms with Gasteiger partial charge in [0.2, 0.25) is 5.88 Å². The number of hydrogen-bond donors (Lipinski definition) is 0. The molecule has 1 aliphatic heterocycles. The van der Waals surface area contributed by atoms with E-state index < -0.39 is 0 Å². The molecule has 3 heterocycles. The van der Waals surface area contributed by atoms with Crippen molar-refractivity contribution in [3.05, 3.63) is 23.2 Å². The van der Waals surface area contributed by atoms with Gasteiger partial charge in [-0.05, 0) is 13.0 Å². The van der Waals surface area contributed by atoms with Gasteiger partial charge in [0.1, 0.15) is 5.82 Å². The van der Waals surface area contributed by atoms with Crippen LogP contribution in [0.2, 0.25) is 5.02 Å².